The molecule has 0 amide bonds. The van der Waals surface area contributed by atoms with Crippen LogP contribution in [0.5, 0.6) is 0 Å². The Morgan fingerprint density at radius 2 is 1.50 bits per heavy atom. The van der Waals surface area contributed by atoms with Crippen molar-refractivity contribution in [2.75, 3.05) is 0 Å². The molecule has 1 unspecified atom stereocenters. The van der Waals surface area contributed by atoms with Gasteiger partial charge in [-0.2, -0.15) is 0 Å². The van der Waals surface area contributed by atoms with E-state index in [1.54, 1.807) is 0 Å². The van der Waals surface area contributed by atoms with Gasteiger partial charge in [-0.25, -0.2) is 0 Å². The average molecular weight is 266 g/mol. The molecule has 0 spiro atoms. The van der Waals surface area contributed by atoms with Gasteiger partial charge in [0.05, 0.1) is 0 Å². The van der Waals surface area contributed by atoms with Crippen LogP contribution in [0.15, 0.2) is 54.6 Å². The summed E-state index contributed by atoms with van der Waals surface area (Å²) in [6, 6.07) is 19.2. The van der Waals surface area contributed by atoms with Crippen LogP contribution in [0, 0.1) is 5.92 Å². The lowest BCUT2D eigenvalue weighted by Gasteiger charge is -2.26. The lowest BCUT2D eigenvalue weighted by molar-refractivity contribution is -0.110. The minimum absolute atomic E-state index is 0.00390. The Hall–Kier alpha value is -1.89. The first-order chi connectivity index (χ1) is 9.54. The highest BCUT2D eigenvalue weighted by atomic mass is 16.1. The average Bonchev–Trinajstić information content (AvgIpc) is 2.48. The van der Waals surface area contributed by atoms with Crippen molar-refractivity contribution in [3.63, 3.8) is 0 Å². The van der Waals surface area contributed by atoms with Crippen LogP contribution in [0.3, 0.4) is 0 Å². The van der Waals surface area contributed by atoms with Gasteiger partial charge in [0.1, 0.15) is 6.29 Å². The van der Waals surface area contributed by atoms with E-state index in [1.165, 1.54) is 16.7 Å². The first-order valence-electron chi connectivity index (χ1n) is 7.14. The second-order valence-corrected chi connectivity index (χ2v) is 6.01. The molecule has 1 nitrogen and oxygen atoms in total. The number of benzene rings is 2. The van der Waals surface area contributed by atoms with Crippen LogP contribution in [0.1, 0.15) is 37.5 Å². The summed E-state index contributed by atoms with van der Waals surface area (Å²) < 4.78 is 0. The van der Waals surface area contributed by atoms with Crippen molar-refractivity contribution in [2.24, 2.45) is 5.92 Å². The van der Waals surface area contributed by atoms with E-state index in [2.05, 4.69) is 62.4 Å². The molecule has 0 saturated heterocycles. The van der Waals surface area contributed by atoms with E-state index in [1.807, 2.05) is 13.0 Å². The number of carbonyl (C=O) groups excluding carboxylic acids is 1. The summed E-state index contributed by atoms with van der Waals surface area (Å²) in [5.74, 6) is 0.0861. The van der Waals surface area contributed by atoms with E-state index in [0.29, 0.717) is 0 Å². The molecule has 0 heterocycles. The molecule has 0 aromatic heterocycles. The highest BCUT2D eigenvalue weighted by Gasteiger charge is 2.22. The topological polar surface area (TPSA) is 17.1 Å². The Morgan fingerprint density at radius 3 is 2.05 bits per heavy atom. The molecule has 2 aromatic rings. The third-order valence-electron chi connectivity index (χ3n) is 3.96. The number of hydrogen-bond acceptors (Lipinski definition) is 1. The predicted molar refractivity (Wildman–Crippen MR) is 83.9 cm³/mol. The van der Waals surface area contributed by atoms with Gasteiger partial charge in [-0.1, -0.05) is 75.4 Å². The molecule has 0 fully saturated rings. The Labute approximate surface area is 121 Å². The summed E-state index contributed by atoms with van der Waals surface area (Å²) >= 11 is 0. The third-order valence-corrected chi connectivity index (χ3v) is 3.96. The maximum Gasteiger partial charge on any atom is 0.123 e. The Kier molecular flexibility index (Phi) is 4.39. The maximum atomic E-state index is 10.7. The minimum atomic E-state index is -0.00390. The zero-order valence-corrected chi connectivity index (χ0v) is 12.5. The number of aldehydes is 1. The summed E-state index contributed by atoms with van der Waals surface area (Å²) in [5.41, 5.74) is 3.83. The fourth-order valence-corrected chi connectivity index (χ4v) is 2.50. The molecule has 0 aliphatic rings. The summed E-state index contributed by atoms with van der Waals surface area (Å²) in [6.45, 7) is 6.44. The molecule has 104 valence electrons. The van der Waals surface area contributed by atoms with Crippen molar-refractivity contribution in [3.8, 4) is 0 Å². The van der Waals surface area contributed by atoms with Crippen LogP contribution in [-0.4, -0.2) is 6.29 Å². The Morgan fingerprint density at radius 1 is 0.950 bits per heavy atom. The van der Waals surface area contributed by atoms with Crippen LogP contribution in [0.25, 0.3) is 0 Å². The van der Waals surface area contributed by atoms with Crippen LogP contribution >= 0.6 is 0 Å². The zero-order chi connectivity index (χ0) is 14.6. The molecule has 0 radical (unpaired) electrons. The third kappa shape index (κ3) is 3.16. The monoisotopic (exact) mass is 266 g/mol. The molecular weight excluding hydrogens is 244 g/mol. The maximum absolute atomic E-state index is 10.7. The molecule has 0 aliphatic heterocycles. The highest BCUT2D eigenvalue weighted by molar-refractivity contribution is 5.53. The zero-order valence-electron chi connectivity index (χ0n) is 12.5. The first kappa shape index (κ1) is 14.5. The fraction of sp³-hybridized carbons (Fsp3) is 0.316. The van der Waals surface area contributed by atoms with Gasteiger partial charge < -0.3 is 4.79 Å². The van der Waals surface area contributed by atoms with E-state index in [-0.39, 0.29) is 11.3 Å². The van der Waals surface area contributed by atoms with Crippen molar-refractivity contribution in [1.29, 1.82) is 0 Å². The number of hydrogen-bond donors (Lipinski definition) is 0. The second kappa shape index (κ2) is 6.04. The summed E-state index contributed by atoms with van der Waals surface area (Å²) in [5, 5.41) is 0. The number of rotatable bonds is 5. The van der Waals surface area contributed by atoms with Gasteiger partial charge in [0.2, 0.25) is 0 Å². The molecule has 20 heavy (non-hydrogen) atoms. The summed E-state index contributed by atoms with van der Waals surface area (Å²) in [6.07, 6.45) is 1.83. The molecule has 0 N–H and O–H groups in total. The van der Waals surface area contributed by atoms with Crippen molar-refractivity contribution in [3.05, 3.63) is 71.3 Å². The van der Waals surface area contributed by atoms with E-state index >= 15 is 0 Å². The van der Waals surface area contributed by atoms with E-state index in [0.717, 1.165) is 12.7 Å². The molecule has 0 bridgehead atoms. The van der Waals surface area contributed by atoms with Crippen LogP contribution < -0.4 is 0 Å². The van der Waals surface area contributed by atoms with E-state index in [9.17, 15) is 4.79 Å². The van der Waals surface area contributed by atoms with E-state index < -0.39 is 0 Å². The molecule has 2 rings (SSSR count). The lowest BCUT2D eigenvalue weighted by Crippen LogP contribution is -2.18. The van der Waals surface area contributed by atoms with Gasteiger partial charge in [0.25, 0.3) is 0 Å². The molecule has 1 heteroatoms. The Balaban J connectivity index is 2.23. The van der Waals surface area contributed by atoms with Gasteiger partial charge in [-0.05, 0) is 23.1 Å². The predicted octanol–water partition coefficient (Wildman–Crippen LogP) is 4.39. The van der Waals surface area contributed by atoms with Crippen LogP contribution in [0.4, 0.5) is 0 Å². The minimum Gasteiger partial charge on any atom is -0.303 e. The highest BCUT2D eigenvalue weighted by Crippen LogP contribution is 2.31. The Bertz CT molecular complexity index is 552. The molecule has 1 atom stereocenters. The molecule has 2 aromatic carbocycles. The molecule has 0 saturated carbocycles. The van der Waals surface area contributed by atoms with E-state index in [4.69, 9.17) is 0 Å². The first-order valence-corrected chi connectivity index (χ1v) is 7.14. The van der Waals surface area contributed by atoms with Gasteiger partial charge in [-0.3, -0.25) is 0 Å². The standard InChI is InChI=1S/C19H22O/c1-15(14-20)13-16-9-11-18(12-10-16)19(2,3)17-7-5-4-6-8-17/h4-12,14-15H,13H2,1-3H3. The van der Waals surface area contributed by atoms with Crippen molar-refractivity contribution >= 4 is 6.29 Å². The van der Waals surface area contributed by atoms with Gasteiger partial charge in [0, 0.05) is 11.3 Å². The fourth-order valence-electron chi connectivity index (χ4n) is 2.50. The SMILES string of the molecule is CC(C=O)Cc1ccc(C(C)(C)c2ccccc2)cc1. The van der Waals surface area contributed by atoms with Gasteiger partial charge in [-0.15, -0.1) is 0 Å². The summed E-state index contributed by atoms with van der Waals surface area (Å²) in [7, 11) is 0. The normalized spacial score (nSPS) is 12.9. The van der Waals surface area contributed by atoms with Gasteiger partial charge >= 0.3 is 0 Å². The van der Waals surface area contributed by atoms with Crippen molar-refractivity contribution < 1.29 is 4.79 Å². The van der Waals surface area contributed by atoms with Crippen LogP contribution in [0.2, 0.25) is 0 Å². The van der Waals surface area contributed by atoms with Gasteiger partial charge in [0.15, 0.2) is 0 Å². The largest absolute Gasteiger partial charge is 0.303 e. The quantitative estimate of drug-likeness (QED) is 0.733. The molecule has 0 aliphatic carbocycles. The second-order valence-electron chi connectivity index (χ2n) is 6.01. The van der Waals surface area contributed by atoms with Crippen molar-refractivity contribution in [2.45, 2.75) is 32.6 Å². The summed E-state index contributed by atoms with van der Waals surface area (Å²) in [4.78, 5) is 10.7. The smallest absolute Gasteiger partial charge is 0.123 e. The van der Waals surface area contributed by atoms with Crippen molar-refractivity contribution in [1.82, 2.24) is 0 Å². The number of carbonyl (C=O) groups is 1. The lowest BCUT2D eigenvalue weighted by atomic mass is 9.78. The van der Waals surface area contributed by atoms with Crippen LogP contribution in [-0.2, 0) is 16.6 Å². The molecular formula is C19H22O.